The summed E-state index contributed by atoms with van der Waals surface area (Å²) in [7, 11) is -7.08. The van der Waals surface area contributed by atoms with Gasteiger partial charge >= 0.3 is 8.74 Å². The summed E-state index contributed by atoms with van der Waals surface area (Å²) >= 11 is 0. The third-order valence-electron chi connectivity index (χ3n) is 1.13. The van der Waals surface area contributed by atoms with Crippen LogP contribution in [0.3, 0.4) is 0 Å². The number of hydrogen-bond donors (Lipinski definition) is 0. The first-order valence-electron chi connectivity index (χ1n) is 3.26. The van der Waals surface area contributed by atoms with Crippen LogP contribution in [-0.2, 0) is 9.84 Å². The first-order chi connectivity index (χ1) is 4.71. The molecule has 0 atom stereocenters. The van der Waals surface area contributed by atoms with Gasteiger partial charge in [-0.3, -0.25) is 8.22 Å². The fourth-order valence-electron chi connectivity index (χ4n) is 0.645. The van der Waals surface area contributed by atoms with Gasteiger partial charge in [0.15, 0.2) is 0 Å². The Balaban J connectivity index is 3.61. The minimum absolute atomic E-state index is 0.0918. The molecular formula is C5H12F2O2SSi. The van der Waals surface area contributed by atoms with Crippen molar-refractivity contribution in [1.29, 1.82) is 0 Å². The highest BCUT2D eigenvalue weighted by Crippen LogP contribution is 2.15. The average Bonchev–Trinajstić information content (AvgIpc) is 1.55. The Hall–Kier alpha value is 0.0269. The van der Waals surface area contributed by atoms with Gasteiger partial charge in [-0.05, 0) is 19.0 Å². The summed E-state index contributed by atoms with van der Waals surface area (Å²) in [6.45, 7) is 0.926. The van der Waals surface area contributed by atoms with Crippen molar-refractivity contribution < 1.29 is 16.6 Å². The molecule has 6 heteroatoms. The van der Waals surface area contributed by atoms with Crippen LogP contribution >= 0.6 is 0 Å². The van der Waals surface area contributed by atoms with Crippen LogP contribution in [0.2, 0.25) is 12.6 Å². The van der Waals surface area contributed by atoms with E-state index < -0.39 is 18.6 Å². The van der Waals surface area contributed by atoms with Crippen LogP contribution in [0.25, 0.3) is 0 Å². The van der Waals surface area contributed by atoms with Crippen LogP contribution in [0.5, 0.6) is 0 Å². The summed E-state index contributed by atoms with van der Waals surface area (Å²) in [6.07, 6.45) is 1.15. The second-order valence-electron chi connectivity index (χ2n) is 2.80. The van der Waals surface area contributed by atoms with Crippen LogP contribution in [-0.4, -0.2) is 29.2 Å². The molecule has 0 aromatic heterocycles. The molecule has 0 rings (SSSR count). The van der Waals surface area contributed by atoms with Crippen LogP contribution in [0, 0.1) is 0 Å². The molecule has 0 aromatic carbocycles. The maximum absolute atomic E-state index is 12.2. The van der Waals surface area contributed by atoms with Gasteiger partial charge in [-0.15, -0.1) is 0 Å². The highest BCUT2D eigenvalue weighted by molar-refractivity contribution is 7.90. The topological polar surface area (TPSA) is 34.1 Å². The molecule has 0 radical (unpaired) electrons. The molecule has 0 unspecified atom stereocenters. The van der Waals surface area contributed by atoms with Crippen molar-refractivity contribution in [2.75, 3.05) is 12.0 Å². The molecule has 0 amide bonds. The zero-order valence-electron chi connectivity index (χ0n) is 6.60. The molecule has 0 bridgehead atoms. The van der Waals surface area contributed by atoms with Crippen molar-refractivity contribution >= 4 is 18.6 Å². The number of halogens is 2. The molecular weight excluding hydrogens is 190 g/mol. The van der Waals surface area contributed by atoms with Crippen molar-refractivity contribution in [1.82, 2.24) is 0 Å². The van der Waals surface area contributed by atoms with Gasteiger partial charge in [-0.1, -0.05) is 0 Å². The standard InChI is InChI=1S/C5H12F2O2SSi/c1-10(8,9)4-3-5-11(2,6)7/h3-5H2,1-2H3. The van der Waals surface area contributed by atoms with E-state index in [-0.39, 0.29) is 18.2 Å². The lowest BCUT2D eigenvalue weighted by molar-refractivity contribution is 0.591. The lowest BCUT2D eigenvalue weighted by Crippen LogP contribution is -2.17. The van der Waals surface area contributed by atoms with Crippen molar-refractivity contribution in [3.63, 3.8) is 0 Å². The van der Waals surface area contributed by atoms with E-state index in [1.807, 2.05) is 0 Å². The molecule has 0 N–H and O–H groups in total. The SMILES string of the molecule is C[Si](F)(F)CCCS(C)(=O)=O. The molecule has 0 saturated heterocycles. The summed E-state index contributed by atoms with van der Waals surface area (Å²) in [5.41, 5.74) is 0. The fraction of sp³-hybridized carbons (Fsp3) is 1.00. The summed E-state index contributed by atoms with van der Waals surface area (Å²) < 4.78 is 45.5. The molecule has 0 fully saturated rings. The third kappa shape index (κ3) is 10.0. The quantitative estimate of drug-likeness (QED) is 0.510. The van der Waals surface area contributed by atoms with E-state index in [0.29, 0.717) is 0 Å². The van der Waals surface area contributed by atoms with E-state index in [2.05, 4.69) is 0 Å². The number of sulfone groups is 1. The zero-order valence-corrected chi connectivity index (χ0v) is 8.42. The Morgan fingerprint density at radius 1 is 1.36 bits per heavy atom. The monoisotopic (exact) mass is 202 g/mol. The van der Waals surface area contributed by atoms with E-state index in [1.54, 1.807) is 0 Å². The minimum atomic E-state index is -4.02. The maximum atomic E-state index is 12.2. The summed E-state index contributed by atoms with van der Waals surface area (Å²) in [4.78, 5) is 0. The molecule has 2 nitrogen and oxygen atoms in total. The molecule has 11 heavy (non-hydrogen) atoms. The molecule has 0 aliphatic carbocycles. The van der Waals surface area contributed by atoms with E-state index in [0.717, 1.165) is 12.8 Å². The predicted molar refractivity (Wildman–Crippen MR) is 43.0 cm³/mol. The lowest BCUT2D eigenvalue weighted by atomic mass is 10.6. The van der Waals surface area contributed by atoms with E-state index in [9.17, 15) is 16.6 Å². The third-order valence-corrected chi connectivity index (χ3v) is 3.39. The van der Waals surface area contributed by atoms with Crippen molar-refractivity contribution in [3.05, 3.63) is 0 Å². The summed E-state index contributed by atoms with van der Waals surface area (Å²) in [5.74, 6) is -0.122. The van der Waals surface area contributed by atoms with Crippen molar-refractivity contribution in [2.24, 2.45) is 0 Å². The van der Waals surface area contributed by atoms with Crippen LogP contribution in [0.15, 0.2) is 0 Å². The number of rotatable bonds is 4. The first-order valence-corrected chi connectivity index (χ1v) is 7.79. The van der Waals surface area contributed by atoms with Gasteiger partial charge in [0.2, 0.25) is 0 Å². The number of hydrogen-bond acceptors (Lipinski definition) is 2. The van der Waals surface area contributed by atoms with Gasteiger partial charge in [0, 0.05) is 12.0 Å². The van der Waals surface area contributed by atoms with Crippen molar-refractivity contribution in [3.8, 4) is 0 Å². The van der Waals surface area contributed by atoms with Gasteiger partial charge in [-0.25, -0.2) is 8.42 Å². The normalized spacial score (nSPS) is 13.5. The second kappa shape index (κ2) is 3.62. The smallest absolute Gasteiger partial charge is 0.271 e. The summed E-state index contributed by atoms with van der Waals surface area (Å²) in [6, 6.07) is -0.222. The van der Waals surface area contributed by atoms with Crippen molar-refractivity contribution in [2.45, 2.75) is 19.0 Å². The van der Waals surface area contributed by atoms with E-state index in [4.69, 9.17) is 0 Å². The zero-order chi connectivity index (χ0) is 9.12. The highest BCUT2D eigenvalue weighted by atomic mass is 32.2. The lowest BCUT2D eigenvalue weighted by Gasteiger charge is -2.04. The van der Waals surface area contributed by atoms with Crippen LogP contribution in [0.1, 0.15) is 6.42 Å². The van der Waals surface area contributed by atoms with Crippen LogP contribution in [0.4, 0.5) is 8.22 Å². The Morgan fingerprint density at radius 2 is 1.82 bits per heavy atom. The highest BCUT2D eigenvalue weighted by Gasteiger charge is 2.27. The molecule has 68 valence electrons. The Morgan fingerprint density at radius 3 is 2.09 bits per heavy atom. The van der Waals surface area contributed by atoms with Gasteiger partial charge in [-0.2, -0.15) is 0 Å². The first kappa shape index (κ1) is 11.0. The second-order valence-corrected chi connectivity index (χ2v) is 7.70. The Bertz CT molecular complexity index is 207. The minimum Gasteiger partial charge on any atom is -0.271 e. The average molecular weight is 202 g/mol. The van der Waals surface area contributed by atoms with E-state index in [1.165, 1.54) is 0 Å². The largest absolute Gasteiger partial charge is 0.422 e. The Labute approximate surface area is 66.9 Å². The van der Waals surface area contributed by atoms with Gasteiger partial charge in [0.05, 0.1) is 0 Å². The Kier molecular flexibility index (Phi) is 3.63. The molecule has 0 spiro atoms. The molecule has 0 aromatic rings. The molecule has 0 saturated carbocycles. The molecule has 0 heterocycles. The molecule has 0 aliphatic rings. The molecule has 0 aliphatic heterocycles. The fourth-order valence-corrected chi connectivity index (χ4v) is 2.37. The summed E-state index contributed by atoms with van der Waals surface area (Å²) in [5, 5.41) is 0. The maximum Gasteiger partial charge on any atom is 0.422 e. The van der Waals surface area contributed by atoms with Gasteiger partial charge in [0.1, 0.15) is 9.84 Å². The predicted octanol–water partition coefficient (Wildman–Crippen LogP) is 1.43. The van der Waals surface area contributed by atoms with Gasteiger partial charge in [0.25, 0.3) is 0 Å². The van der Waals surface area contributed by atoms with Crippen LogP contribution < -0.4 is 0 Å². The van der Waals surface area contributed by atoms with Gasteiger partial charge < -0.3 is 0 Å². The van der Waals surface area contributed by atoms with E-state index >= 15 is 0 Å².